The first-order valence-electron chi connectivity index (χ1n) is 9.30. The molecule has 2 heterocycles. The van der Waals surface area contributed by atoms with Crippen molar-refractivity contribution >= 4 is 11.7 Å². The number of hydrogen-bond acceptors (Lipinski definition) is 5. The Morgan fingerprint density at radius 2 is 2.03 bits per heavy atom. The molecule has 1 aliphatic rings. The minimum atomic E-state index is -0.999. The molecule has 0 saturated heterocycles. The van der Waals surface area contributed by atoms with Crippen LogP contribution in [0.1, 0.15) is 52.7 Å². The van der Waals surface area contributed by atoms with Crippen molar-refractivity contribution in [1.82, 2.24) is 9.88 Å². The van der Waals surface area contributed by atoms with Gasteiger partial charge in [0.25, 0.3) is 5.91 Å². The number of ketones is 1. The topological polar surface area (TPSA) is 97.6 Å². The summed E-state index contributed by atoms with van der Waals surface area (Å²) in [5, 5.41) is 12.8. The first-order valence-corrected chi connectivity index (χ1v) is 9.30. The van der Waals surface area contributed by atoms with Gasteiger partial charge in [0.1, 0.15) is 22.9 Å². The van der Waals surface area contributed by atoms with Gasteiger partial charge in [-0.25, -0.2) is 8.78 Å². The van der Waals surface area contributed by atoms with Crippen molar-refractivity contribution in [2.75, 3.05) is 13.7 Å². The summed E-state index contributed by atoms with van der Waals surface area (Å²) in [6, 6.07) is 2.53. The largest absolute Gasteiger partial charge is 0.503 e. The number of Topliss-reactive ketones (excluding diaryl/α,β-unsaturated/α-hetero) is 1. The highest BCUT2D eigenvalue weighted by molar-refractivity contribution is 6.03. The molecule has 0 radical (unpaired) electrons. The molecule has 1 amide bonds. The van der Waals surface area contributed by atoms with Crippen molar-refractivity contribution in [2.45, 2.75) is 32.9 Å². The van der Waals surface area contributed by atoms with Crippen molar-refractivity contribution in [1.29, 1.82) is 0 Å². The first kappa shape index (κ1) is 21.6. The van der Waals surface area contributed by atoms with Crippen LogP contribution < -0.4 is 10.7 Å². The Kier molecular flexibility index (Phi) is 5.76. The number of aromatic nitrogens is 1. The number of nitrogens with one attached hydrogen (secondary N) is 1. The lowest BCUT2D eigenvalue weighted by Crippen LogP contribution is -2.41. The third kappa shape index (κ3) is 3.85. The molecule has 1 atom stereocenters. The van der Waals surface area contributed by atoms with E-state index in [2.05, 4.69) is 5.32 Å². The second-order valence-corrected chi connectivity index (χ2v) is 7.92. The molecule has 3 rings (SSSR count). The van der Waals surface area contributed by atoms with E-state index in [1.165, 1.54) is 23.9 Å². The highest BCUT2D eigenvalue weighted by Crippen LogP contribution is 2.40. The lowest BCUT2D eigenvalue weighted by atomic mass is 9.76. The second kappa shape index (κ2) is 7.98. The molecule has 9 heteroatoms. The lowest BCUT2D eigenvalue weighted by molar-refractivity contribution is 0.0645. The quantitative estimate of drug-likeness (QED) is 0.775. The second-order valence-electron chi connectivity index (χ2n) is 7.92. The zero-order chi connectivity index (χ0) is 22.2. The van der Waals surface area contributed by atoms with Crippen LogP contribution in [0.5, 0.6) is 5.75 Å². The molecule has 0 spiro atoms. The molecule has 7 nitrogen and oxygen atoms in total. The average molecular weight is 420 g/mol. The van der Waals surface area contributed by atoms with Crippen LogP contribution in [-0.4, -0.2) is 35.1 Å². The van der Waals surface area contributed by atoms with Gasteiger partial charge in [0.2, 0.25) is 5.43 Å². The Labute approximate surface area is 171 Å². The monoisotopic (exact) mass is 420 g/mol. The van der Waals surface area contributed by atoms with Crippen LogP contribution in [0.15, 0.2) is 29.2 Å². The summed E-state index contributed by atoms with van der Waals surface area (Å²) in [4.78, 5) is 38.0. The number of benzene rings is 1. The Morgan fingerprint density at radius 3 is 2.67 bits per heavy atom. The zero-order valence-corrected chi connectivity index (χ0v) is 16.8. The summed E-state index contributed by atoms with van der Waals surface area (Å²) < 4.78 is 33.4. The number of carbonyl (C=O) groups is 2. The van der Waals surface area contributed by atoms with Crippen molar-refractivity contribution in [3.63, 3.8) is 0 Å². The maximum Gasteiger partial charge on any atom is 0.257 e. The zero-order valence-electron chi connectivity index (χ0n) is 16.8. The third-order valence-electron chi connectivity index (χ3n) is 5.24. The SMILES string of the molecule is COC[C@@H]1CC(C)(C)C(=O)c2c(O)c(=O)c(C(=O)NCc3ccc(F)cc3F)cn21. The number of pyridine rings is 1. The number of nitrogens with zero attached hydrogens (tertiary/aromatic N) is 1. The fourth-order valence-electron chi connectivity index (χ4n) is 3.66. The molecule has 0 aliphatic carbocycles. The molecule has 160 valence electrons. The van der Waals surface area contributed by atoms with E-state index in [4.69, 9.17) is 4.74 Å². The van der Waals surface area contributed by atoms with E-state index >= 15 is 0 Å². The van der Waals surface area contributed by atoms with Gasteiger partial charge in [0, 0.05) is 36.9 Å². The van der Waals surface area contributed by atoms with E-state index in [-0.39, 0.29) is 30.5 Å². The minimum absolute atomic E-state index is 0.0289. The minimum Gasteiger partial charge on any atom is -0.503 e. The highest BCUT2D eigenvalue weighted by Gasteiger charge is 2.42. The van der Waals surface area contributed by atoms with Gasteiger partial charge in [-0.2, -0.15) is 0 Å². The standard InChI is InChI=1S/C21H22F2N2O5/c1-21(2)7-13(10-30-3)25-9-14(17(26)18(27)16(25)19(21)28)20(29)24-8-11-4-5-12(22)6-15(11)23/h4-6,9,13,27H,7-8,10H2,1-3H3,(H,24,29)/t13-/m0/s1. The van der Waals surface area contributed by atoms with Gasteiger partial charge >= 0.3 is 0 Å². The molecule has 1 aliphatic heterocycles. The molecular weight excluding hydrogens is 398 g/mol. The van der Waals surface area contributed by atoms with Crippen LogP contribution in [0.2, 0.25) is 0 Å². The van der Waals surface area contributed by atoms with Crippen LogP contribution in [0, 0.1) is 17.0 Å². The molecule has 2 N–H and O–H groups in total. The van der Waals surface area contributed by atoms with Gasteiger partial charge in [-0.3, -0.25) is 14.4 Å². The predicted octanol–water partition coefficient (Wildman–Crippen LogP) is 2.56. The molecule has 0 saturated carbocycles. The van der Waals surface area contributed by atoms with E-state index in [0.29, 0.717) is 12.5 Å². The number of methoxy groups -OCH3 is 1. The van der Waals surface area contributed by atoms with Crippen molar-refractivity contribution in [2.24, 2.45) is 5.41 Å². The Balaban J connectivity index is 1.97. The lowest BCUT2D eigenvalue weighted by Gasteiger charge is -2.37. The molecule has 1 aromatic carbocycles. The molecule has 0 unspecified atom stereocenters. The normalized spacial score (nSPS) is 17.5. The van der Waals surface area contributed by atoms with Gasteiger partial charge < -0.3 is 19.7 Å². The van der Waals surface area contributed by atoms with Crippen molar-refractivity contribution in [3.8, 4) is 5.75 Å². The summed E-state index contributed by atoms with van der Waals surface area (Å²) in [5.74, 6) is -3.67. The number of halogens is 2. The predicted molar refractivity (Wildman–Crippen MR) is 104 cm³/mol. The maximum atomic E-state index is 13.8. The highest BCUT2D eigenvalue weighted by atomic mass is 19.1. The van der Waals surface area contributed by atoms with Crippen molar-refractivity contribution < 1.29 is 28.2 Å². The fraction of sp³-hybridized carbons (Fsp3) is 0.381. The van der Waals surface area contributed by atoms with E-state index in [1.54, 1.807) is 13.8 Å². The molecule has 0 fully saturated rings. The van der Waals surface area contributed by atoms with E-state index in [1.807, 2.05) is 0 Å². The van der Waals surface area contributed by atoms with Gasteiger partial charge in [0.15, 0.2) is 11.5 Å². The molecule has 30 heavy (non-hydrogen) atoms. The Morgan fingerprint density at radius 1 is 1.33 bits per heavy atom. The number of fused-ring (bicyclic) bond motifs is 1. The van der Waals surface area contributed by atoms with Crippen LogP contribution in [0.3, 0.4) is 0 Å². The van der Waals surface area contributed by atoms with Gasteiger partial charge in [-0.15, -0.1) is 0 Å². The fourth-order valence-corrected chi connectivity index (χ4v) is 3.66. The molecular formula is C21H22F2N2O5. The van der Waals surface area contributed by atoms with Gasteiger partial charge in [0.05, 0.1) is 12.6 Å². The van der Waals surface area contributed by atoms with Crippen LogP contribution in [-0.2, 0) is 11.3 Å². The van der Waals surface area contributed by atoms with Crippen molar-refractivity contribution in [3.05, 3.63) is 63.1 Å². The number of hydrogen-bond donors (Lipinski definition) is 2. The van der Waals surface area contributed by atoms with Crippen LogP contribution in [0.25, 0.3) is 0 Å². The average Bonchev–Trinajstić information content (AvgIpc) is 2.67. The number of ether oxygens (including phenoxy) is 1. The summed E-state index contributed by atoms with van der Waals surface area (Å²) in [6.07, 6.45) is 1.60. The van der Waals surface area contributed by atoms with Crippen LogP contribution >= 0.6 is 0 Å². The summed E-state index contributed by atoms with van der Waals surface area (Å²) in [7, 11) is 1.48. The summed E-state index contributed by atoms with van der Waals surface area (Å²) >= 11 is 0. The first-order chi connectivity index (χ1) is 14.1. The Bertz CT molecular complexity index is 1080. The number of carbonyl (C=O) groups excluding carboxylic acids is 2. The van der Waals surface area contributed by atoms with Gasteiger partial charge in [-0.05, 0) is 12.5 Å². The number of amides is 1. The molecule has 2 aromatic rings. The number of rotatable bonds is 5. The maximum absolute atomic E-state index is 13.8. The van der Waals surface area contributed by atoms with E-state index in [9.17, 15) is 28.3 Å². The van der Waals surface area contributed by atoms with Gasteiger partial charge in [-0.1, -0.05) is 19.9 Å². The Hall–Kier alpha value is -3.07. The summed E-state index contributed by atoms with van der Waals surface area (Å²) in [6.45, 7) is 3.33. The third-order valence-corrected chi connectivity index (χ3v) is 5.24. The molecule has 0 bridgehead atoms. The molecule has 1 aromatic heterocycles. The number of aromatic hydroxyl groups is 1. The summed E-state index contributed by atoms with van der Waals surface area (Å²) in [5.41, 5.74) is -2.36. The van der Waals surface area contributed by atoms with E-state index < -0.39 is 45.5 Å². The smallest absolute Gasteiger partial charge is 0.257 e. The van der Waals surface area contributed by atoms with Crippen LogP contribution in [0.4, 0.5) is 8.78 Å². The van der Waals surface area contributed by atoms with E-state index in [0.717, 1.165) is 6.07 Å².